The van der Waals surface area contributed by atoms with E-state index in [1.54, 1.807) is 6.07 Å². The molecule has 0 aliphatic carbocycles. The molecule has 0 saturated heterocycles. The van der Waals surface area contributed by atoms with Crippen LogP contribution in [-0.2, 0) is 12.8 Å². The van der Waals surface area contributed by atoms with Gasteiger partial charge in [0, 0.05) is 24.4 Å². The van der Waals surface area contributed by atoms with Gasteiger partial charge in [0.1, 0.15) is 5.82 Å². The molecule has 19 heavy (non-hydrogen) atoms. The first-order valence-corrected chi connectivity index (χ1v) is 7.04. The molecule has 1 atom stereocenters. The van der Waals surface area contributed by atoms with Gasteiger partial charge in [0.25, 0.3) is 0 Å². The van der Waals surface area contributed by atoms with Gasteiger partial charge < -0.3 is 5.73 Å². The van der Waals surface area contributed by atoms with E-state index in [9.17, 15) is 4.39 Å². The summed E-state index contributed by atoms with van der Waals surface area (Å²) in [5.41, 5.74) is 9.01. The van der Waals surface area contributed by atoms with Crippen molar-refractivity contribution in [2.45, 2.75) is 25.8 Å². The highest BCUT2D eigenvalue weighted by atomic mass is 79.9. The Morgan fingerprint density at radius 1 is 1.32 bits per heavy atom. The fraction of sp³-hybridized carbons (Fsp3) is 0.267. The number of benzene rings is 1. The first-order valence-electron chi connectivity index (χ1n) is 6.25. The second kappa shape index (κ2) is 6.26. The van der Waals surface area contributed by atoms with Crippen LogP contribution in [0.4, 0.5) is 4.39 Å². The Labute approximate surface area is 121 Å². The van der Waals surface area contributed by atoms with Crippen LogP contribution in [0.1, 0.15) is 29.8 Å². The summed E-state index contributed by atoms with van der Waals surface area (Å²) >= 11 is 3.24. The molecule has 0 bridgehead atoms. The van der Waals surface area contributed by atoms with Gasteiger partial charge in [-0.05, 0) is 45.6 Å². The number of halogens is 2. The highest BCUT2D eigenvalue weighted by molar-refractivity contribution is 9.10. The average Bonchev–Trinajstić information content (AvgIpc) is 2.42. The van der Waals surface area contributed by atoms with Crippen molar-refractivity contribution in [3.05, 3.63) is 63.6 Å². The van der Waals surface area contributed by atoms with Crippen molar-refractivity contribution >= 4 is 15.9 Å². The predicted octanol–water partition coefficient (Wildman–Crippen LogP) is 3.79. The highest BCUT2D eigenvalue weighted by Gasteiger charge is 2.13. The maximum Gasteiger partial charge on any atom is 0.137 e. The molecule has 1 aromatic heterocycles. The second-order valence-electron chi connectivity index (χ2n) is 4.47. The number of nitrogens with two attached hydrogens (primary N) is 1. The number of pyridine rings is 1. The summed E-state index contributed by atoms with van der Waals surface area (Å²) in [4.78, 5) is 4.38. The van der Waals surface area contributed by atoms with Gasteiger partial charge in [0.2, 0.25) is 0 Å². The third-order valence-corrected chi connectivity index (χ3v) is 3.94. The third-order valence-electron chi connectivity index (χ3n) is 3.10. The fourth-order valence-corrected chi connectivity index (χ4v) is 2.49. The van der Waals surface area contributed by atoms with Crippen molar-refractivity contribution in [3.63, 3.8) is 0 Å². The number of rotatable bonds is 4. The van der Waals surface area contributed by atoms with Gasteiger partial charge in [-0.1, -0.05) is 25.1 Å². The first-order chi connectivity index (χ1) is 9.11. The maximum atomic E-state index is 13.5. The lowest BCUT2D eigenvalue weighted by molar-refractivity contribution is 0.609. The van der Waals surface area contributed by atoms with E-state index in [-0.39, 0.29) is 11.9 Å². The molecule has 0 radical (unpaired) electrons. The van der Waals surface area contributed by atoms with Crippen LogP contribution < -0.4 is 5.73 Å². The van der Waals surface area contributed by atoms with E-state index >= 15 is 0 Å². The van der Waals surface area contributed by atoms with Crippen LogP contribution in [0.5, 0.6) is 0 Å². The molecule has 1 aromatic carbocycles. The van der Waals surface area contributed by atoms with Gasteiger partial charge in [-0.25, -0.2) is 4.39 Å². The third kappa shape index (κ3) is 3.39. The highest BCUT2D eigenvalue weighted by Crippen LogP contribution is 2.26. The average molecular weight is 323 g/mol. The van der Waals surface area contributed by atoms with Gasteiger partial charge in [-0.2, -0.15) is 0 Å². The summed E-state index contributed by atoms with van der Waals surface area (Å²) in [6.07, 6.45) is 3.42. The van der Waals surface area contributed by atoms with Gasteiger partial charge in [0.05, 0.1) is 4.47 Å². The van der Waals surface area contributed by atoms with Crippen LogP contribution in [0, 0.1) is 5.82 Å². The topological polar surface area (TPSA) is 38.9 Å². The Hall–Kier alpha value is -1.26. The Kier molecular flexibility index (Phi) is 4.66. The Balaban J connectivity index is 2.15. The first kappa shape index (κ1) is 14.2. The number of nitrogens with zero attached hydrogens (tertiary/aromatic N) is 1. The van der Waals surface area contributed by atoms with Crippen molar-refractivity contribution < 1.29 is 4.39 Å². The minimum absolute atomic E-state index is 0.273. The fourth-order valence-electron chi connectivity index (χ4n) is 1.93. The molecule has 0 saturated carbocycles. The van der Waals surface area contributed by atoms with Crippen molar-refractivity contribution in [2.24, 2.45) is 5.73 Å². The summed E-state index contributed by atoms with van der Waals surface area (Å²) in [5, 5.41) is 0. The minimum Gasteiger partial charge on any atom is -0.324 e. The van der Waals surface area contributed by atoms with E-state index < -0.39 is 0 Å². The quantitative estimate of drug-likeness (QED) is 0.930. The molecule has 0 fully saturated rings. The molecular formula is C15H16BrFN2. The molecule has 0 aliphatic rings. The van der Waals surface area contributed by atoms with E-state index in [2.05, 4.69) is 33.9 Å². The van der Waals surface area contributed by atoms with Crippen LogP contribution in [0.25, 0.3) is 0 Å². The number of hydrogen-bond acceptors (Lipinski definition) is 2. The lowest BCUT2D eigenvalue weighted by atomic mass is 10.0. The Morgan fingerprint density at radius 2 is 2.11 bits per heavy atom. The molecular weight excluding hydrogens is 307 g/mol. The summed E-state index contributed by atoms with van der Waals surface area (Å²) in [6, 6.07) is 8.67. The van der Waals surface area contributed by atoms with Gasteiger partial charge >= 0.3 is 0 Å². The molecule has 1 unspecified atom stereocenters. The van der Waals surface area contributed by atoms with Crippen LogP contribution >= 0.6 is 15.9 Å². The SMILES string of the molecule is CCc1ccc(CC(N)c2cccc(F)c2Br)nc1. The zero-order chi connectivity index (χ0) is 13.8. The van der Waals surface area contributed by atoms with Crippen LogP contribution in [0.15, 0.2) is 41.0 Å². The predicted molar refractivity (Wildman–Crippen MR) is 78.3 cm³/mol. The zero-order valence-electron chi connectivity index (χ0n) is 10.7. The molecule has 2 aromatic rings. The van der Waals surface area contributed by atoms with Gasteiger partial charge in [-0.15, -0.1) is 0 Å². The second-order valence-corrected chi connectivity index (χ2v) is 5.26. The van der Waals surface area contributed by atoms with E-state index in [4.69, 9.17) is 5.73 Å². The maximum absolute atomic E-state index is 13.5. The molecule has 4 heteroatoms. The molecule has 2 N–H and O–H groups in total. The van der Waals surface area contributed by atoms with Crippen LogP contribution in [0.3, 0.4) is 0 Å². The van der Waals surface area contributed by atoms with Crippen molar-refractivity contribution in [2.75, 3.05) is 0 Å². The van der Waals surface area contributed by atoms with Gasteiger partial charge in [0.15, 0.2) is 0 Å². The zero-order valence-corrected chi connectivity index (χ0v) is 12.3. The molecule has 0 amide bonds. The van der Waals surface area contributed by atoms with Crippen LogP contribution in [-0.4, -0.2) is 4.98 Å². The molecule has 0 spiro atoms. The Morgan fingerprint density at radius 3 is 2.74 bits per heavy atom. The van der Waals surface area contributed by atoms with Crippen molar-refractivity contribution in [1.82, 2.24) is 4.98 Å². The molecule has 2 nitrogen and oxygen atoms in total. The summed E-state index contributed by atoms with van der Waals surface area (Å²) in [7, 11) is 0. The number of hydrogen-bond donors (Lipinski definition) is 1. The lowest BCUT2D eigenvalue weighted by Crippen LogP contribution is -2.15. The van der Waals surface area contributed by atoms with E-state index in [0.717, 1.165) is 17.7 Å². The number of aryl methyl sites for hydroxylation is 1. The summed E-state index contributed by atoms with van der Waals surface area (Å²) in [5.74, 6) is -0.290. The smallest absolute Gasteiger partial charge is 0.137 e. The number of aromatic nitrogens is 1. The van der Waals surface area contributed by atoms with E-state index in [1.807, 2.05) is 18.3 Å². The van der Waals surface area contributed by atoms with Crippen molar-refractivity contribution in [1.29, 1.82) is 0 Å². The summed E-state index contributed by atoms with van der Waals surface area (Å²) < 4.78 is 13.9. The molecule has 100 valence electrons. The minimum atomic E-state index is -0.290. The van der Waals surface area contributed by atoms with Gasteiger partial charge in [-0.3, -0.25) is 4.98 Å². The molecule has 0 aliphatic heterocycles. The standard InChI is InChI=1S/C15H16BrFN2/c1-2-10-6-7-11(19-9-10)8-14(18)12-4-3-5-13(17)15(12)16/h3-7,9,14H,2,8,18H2,1H3. The molecule has 2 rings (SSSR count). The Bertz CT molecular complexity index is 555. The van der Waals surface area contributed by atoms with Crippen LogP contribution in [0.2, 0.25) is 0 Å². The summed E-state index contributed by atoms with van der Waals surface area (Å²) in [6.45, 7) is 2.09. The normalized spacial score (nSPS) is 12.4. The lowest BCUT2D eigenvalue weighted by Gasteiger charge is -2.14. The van der Waals surface area contributed by atoms with E-state index in [1.165, 1.54) is 11.6 Å². The molecule has 1 heterocycles. The largest absolute Gasteiger partial charge is 0.324 e. The van der Waals surface area contributed by atoms with Crippen molar-refractivity contribution in [3.8, 4) is 0 Å². The van der Waals surface area contributed by atoms with E-state index in [0.29, 0.717) is 10.9 Å². The monoisotopic (exact) mass is 322 g/mol.